The van der Waals surface area contributed by atoms with Crippen LogP contribution in [0.1, 0.15) is 36.7 Å². The van der Waals surface area contributed by atoms with E-state index >= 15 is 0 Å². The normalized spacial score (nSPS) is 12.0. The molecule has 26 heavy (non-hydrogen) atoms. The summed E-state index contributed by atoms with van der Waals surface area (Å²) in [5.74, 6) is -0.947. The number of carbonyl (C=O) groups is 1. The lowest BCUT2D eigenvalue weighted by molar-refractivity contribution is 0.0697. The van der Waals surface area contributed by atoms with Crippen molar-refractivity contribution >= 4 is 22.5 Å². The minimum Gasteiger partial charge on any atom is -0.478 e. The Morgan fingerprint density at radius 3 is 2.38 bits per heavy atom. The Bertz CT molecular complexity index is 1130. The van der Waals surface area contributed by atoms with Crippen molar-refractivity contribution in [3.05, 3.63) is 71.9 Å². The molecule has 4 aromatic rings. The number of hydrogen-bond acceptors (Lipinski definition) is 2. The van der Waals surface area contributed by atoms with E-state index < -0.39 is 5.97 Å². The topological polar surface area (TPSA) is 54.6 Å². The molecule has 1 N–H and O–H groups in total. The first-order valence-electron chi connectivity index (χ1n) is 8.60. The van der Waals surface area contributed by atoms with Crippen LogP contribution in [-0.4, -0.2) is 20.5 Å². The summed E-state index contributed by atoms with van der Waals surface area (Å²) < 4.78 is 2.06. The third-order valence-electron chi connectivity index (χ3n) is 4.73. The SMILES string of the molecule is CC(C)(C)c1ccc(-c2nc3cc(C(=O)O)ccc3n3cccc23)cc1. The maximum Gasteiger partial charge on any atom is 0.335 e. The number of hydrogen-bond donors (Lipinski definition) is 1. The highest BCUT2D eigenvalue weighted by Crippen LogP contribution is 2.30. The highest BCUT2D eigenvalue weighted by atomic mass is 16.4. The molecule has 0 radical (unpaired) electrons. The average molecular weight is 344 g/mol. The van der Waals surface area contributed by atoms with E-state index in [1.165, 1.54) is 5.56 Å². The fraction of sp³-hybridized carbons (Fsp3) is 0.182. The predicted octanol–water partition coefficient (Wildman–Crippen LogP) is 5.15. The van der Waals surface area contributed by atoms with Crippen LogP contribution in [0.25, 0.3) is 27.8 Å². The summed E-state index contributed by atoms with van der Waals surface area (Å²) in [6, 6.07) is 17.5. The van der Waals surface area contributed by atoms with Crippen molar-refractivity contribution in [1.29, 1.82) is 0 Å². The quantitative estimate of drug-likeness (QED) is 0.547. The molecule has 0 atom stereocenters. The van der Waals surface area contributed by atoms with Gasteiger partial charge in [0.2, 0.25) is 0 Å². The fourth-order valence-corrected chi connectivity index (χ4v) is 3.25. The molecule has 0 aliphatic carbocycles. The van der Waals surface area contributed by atoms with Gasteiger partial charge in [-0.15, -0.1) is 0 Å². The Hall–Kier alpha value is -3.14. The maximum atomic E-state index is 11.3. The van der Waals surface area contributed by atoms with Crippen molar-refractivity contribution < 1.29 is 9.90 Å². The van der Waals surface area contributed by atoms with Gasteiger partial charge in [-0.2, -0.15) is 0 Å². The smallest absolute Gasteiger partial charge is 0.335 e. The van der Waals surface area contributed by atoms with Gasteiger partial charge in [0.1, 0.15) is 0 Å². The number of aromatic nitrogens is 2. The average Bonchev–Trinajstić information content (AvgIpc) is 3.09. The summed E-state index contributed by atoms with van der Waals surface area (Å²) in [6.45, 7) is 6.57. The molecule has 2 heterocycles. The van der Waals surface area contributed by atoms with Crippen molar-refractivity contribution in [3.63, 3.8) is 0 Å². The lowest BCUT2D eigenvalue weighted by Crippen LogP contribution is -2.10. The van der Waals surface area contributed by atoms with Crippen LogP contribution in [0.2, 0.25) is 0 Å². The van der Waals surface area contributed by atoms with Crippen LogP contribution in [0, 0.1) is 0 Å². The van der Waals surface area contributed by atoms with Gasteiger partial charge < -0.3 is 9.51 Å². The number of carboxylic acids is 1. The van der Waals surface area contributed by atoms with Crippen LogP contribution >= 0.6 is 0 Å². The second-order valence-electron chi connectivity index (χ2n) is 7.56. The first-order chi connectivity index (χ1) is 12.3. The van der Waals surface area contributed by atoms with Gasteiger partial charge in [0.05, 0.1) is 27.8 Å². The summed E-state index contributed by atoms with van der Waals surface area (Å²) in [5.41, 5.74) is 6.04. The van der Waals surface area contributed by atoms with E-state index in [1.54, 1.807) is 12.1 Å². The summed E-state index contributed by atoms with van der Waals surface area (Å²) >= 11 is 0. The molecule has 0 unspecified atom stereocenters. The standard InChI is InChI=1S/C22H20N2O2/c1-22(2,3)16-9-6-14(7-10-16)20-19-5-4-12-24(19)18-11-8-15(21(25)26)13-17(18)23-20/h4-13H,1-3H3,(H,25,26). The summed E-state index contributed by atoms with van der Waals surface area (Å²) in [7, 11) is 0. The van der Waals surface area contributed by atoms with Gasteiger partial charge in [0.25, 0.3) is 0 Å². The first-order valence-corrected chi connectivity index (χ1v) is 8.60. The van der Waals surface area contributed by atoms with Crippen LogP contribution in [0.15, 0.2) is 60.8 Å². The number of benzene rings is 2. The minimum absolute atomic E-state index is 0.0934. The summed E-state index contributed by atoms with van der Waals surface area (Å²) in [4.78, 5) is 16.1. The van der Waals surface area contributed by atoms with Gasteiger partial charge in [-0.3, -0.25) is 0 Å². The molecule has 0 aliphatic rings. The molecule has 2 aromatic heterocycles. The van der Waals surface area contributed by atoms with E-state index in [0.717, 1.165) is 22.3 Å². The Kier molecular flexibility index (Phi) is 3.58. The van der Waals surface area contributed by atoms with E-state index in [9.17, 15) is 9.90 Å². The van der Waals surface area contributed by atoms with Gasteiger partial charge in [-0.1, -0.05) is 45.0 Å². The third kappa shape index (κ3) is 2.64. The Balaban J connectivity index is 1.95. The molecule has 4 nitrogen and oxygen atoms in total. The lowest BCUT2D eigenvalue weighted by Gasteiger charge is -2.19. The van der Waals surface area contributed by atoms with Crippen molar-refractivity contribution in [3.8, 4) is 11.3 Å². The molecule has 4 rings (SSSR count). The largest absolute Gasteiger partial charge is 0.478 e. The highest BCUT2D eigenvalue weighted by molar-refractivity contribution is 5.94. The Morgan fingerprint density at radius 2 is 1.73 bits per heavy atom. The van der Waals surface area contributed by atoms with Gasteiger partial charge in [-0.25, -0.2) is 9.78 Å². The highest BCUT2D eigenvalue weighted by Gasteiger charge is 2.15. The second-order valence-corrected chi connectivity index (χ2v) is 7.56. The predicted molar refractivity (Wildman–Crippen MR) is 104 cm³/mol. The Labute approximate surface area is 151 Å². The van der Waals surface area contributed by atoms with Crippen LogP contribution < -0.4 is 0 Å². The third-order valence-corrected chi connectivity index (χ3v) is 4.73. The molecule has 130 valence electrons. The monoisotopic (exact) mass is 344 g/mol. The number of carboxylic acid groups (broad SMARTS) is 1. The molecule has 2 aromatic carbocycles. The van der Waals surface area contributed by atoms with Gasteiger partial charge in [0.15, 0.2) is 0 Å². The fourth-order valence-electron chi connectivity index (χ4n) is 3.25. The van der Waals surface area contributed by atoms with E-state index in [4.69, 9.17) is 4.98 Å². The van der Waals surface area contributed by atoms with E-state index in [2.05, 4.69) is 49.4 Å². The second kappa shape index (κ2) is 5.70. The van der Waals surface area contributed by atoms with Crippen molar-refractivity contribution in [2.45, 2.75) is 26.2 Å². The van der Waals surface area contributed by atoms with Crippen molar-refractivity contribution in [2.24, 2.45) is 0 Å². The molecule has 0 spiro atoms. The molecular formula is C22H20N2O2. The van der Waals surface area contributed by atoms with E-state index in [-0.39, 0.29) is 11.0 Å². The summed E-state index contributed by atoms with van der Waals surface area (Å²) in [6.07, 6.45) is 1.98. The van der Waals surface area contributed by atoms with Crippen LogP contribution in [0.5, 0.6) is 0 Å². The molecule has 4 heteroatoms. The van der Waals surface area contributed by atoms with Gasteiger partial charge in [-0.05, 0) is 41.3 Å². The number of rotatable bonds is 2. The first kappa shape index (κ1) is 16.3. The Morgan fingerprint density at radius 1 is 1.00 bits per heavy atom. The zero-order chi connectivity index (χ0) is 18.5. The molecule has 0 saturated heterocycles. The van der Waals surface area contributed by atoms with Gasteiger partial charge >= 0.3 is 5.97 Å². The van der Waals surface area contributed by atoms with Crippen molar-refractivity contribution in [1.82, 2.24) is 9.38 Å². The molecule has 0 aliphatic heterocycles. The number of nitrogens with zero attached hydrogens (tertiary/aromatic N) is 2. The number of fused-ring (bicyclic) bond motifs is 3. The van der Waals surface area contributed by atoms with Crippen molar-refractivity contribution in [2.75, 3.05) is 0 Å². The molecule has 0 fully saturated rings. The zero-order valence-electron chi connectivity index (χ0n) is 15.0. The maximum absolute atomic E-state index is 11.3. The lowest BCUT2D eigenvalue weighted by atomic mass is 9.86. The number of aromatic carboxylic acids is 1. The van der Waals surface area contributed by atoms with E-state index in [1.807, 2.05) is 24.4 Å². The molecule has 0 bridgehead atoms. The van der Waals surface area contributed by atoms with E-state index in [0.29, 0.717) is 5.52 Å². The van der Waals surface area contributed by atoms with Crippen LogP contribution in [-0.2, 0) is 5.41 Å². The molecular weight excluding hydrogens is 324 g/mol. The van der Waals surface area contributed by atoms with Gasteiger partial charge in [0, 0.05) is 11.8 Å². The summed E-state index contributed by atoms with van der Waals surface area (Å²) in [5, 5.41) is 9.28. The molecule has 0 saturated carbocycles. The zero-order valence-corrected chi connectivity index (χ0v) is 15.0. The minimum atomic E-state index is -0.947. The van der Waals surface area contributed by atoms with Crippen LogP contribution in [0.3, 0.4) is 0 Å². The van der Waals surface area contributed by atoms with Crippen LogP contribution in [0.4, 0.5) is 0 Å². The molecule has 0 amide bonds.